The Balaban J connectivity index is 0.00000144. The summed E-state index contributed by atoms with van der Waals surface area (Å²) in [6.07, 6.45) is 5.47. The van der Waals surface area contributed by atoms with Gasteiger partial charge in [0.05, 0.1) is 0 Å². The smallest absolute Gasteiger partial charge is 0.223 e. The van der Waals surface area contributed by atoms with Crippen LogP contribution in [0.5, 0.6) is 0 Å². The van der Waals surface area contributed by atoms with Crippen molar-refractivity contribution >= 4 is 18.3 Å². The number of hydrogen-bond donors (Lipinski definition) is 1. The molecule has 100 valence electrons. The number of amides is 1. The molecule has 1 amide bonds. The third-order valence-electron chi connectivity index (χ3n) is 4.16. The van der Waals surface area contributed by atoms with Crippen LogP contribution in [0.1, 0.15) is 46.0 Å². The van der Waals surface area contributed by atoms with Gasteiger partial charge in [-0.05, 0) is 58.5 Å². The van der Waals surface area contributed by atoms with Gasteiger partial charge >= 0.3 is 0 Å². The zero-order valence-corrected chi connectivity index (χ0v) is 11.8. The van der Waals surface area contributed by atoms with Gasteiger partial charge in [-0.2, -0.15) is 0 Å². The minimum atomic E-state index is 0. The number of nitrogens with zero attached hydrogens (tertiary/aromatic N) is 1. The molecule has 2 unspecified atom stereocenters. The highest BCUT2D eigenvalue weighted by Crippen LogP contribution is 2.26. The Labute approximate surface area is 111 Å². The SMILES string of the molecule is CC1CCC(C)N1C(=O)CC1CCNCC1.Cl. The van der Waals surface area contributed by atoms with Crippen molar-refractivity contribution in [3.05, 3.63) is 0 Å². The van der Waals surface area contributed by atoms with E-state index in [9.17, 15) is 4.79 Å². The molecule has 0 radical (unpaired) electrons. The number of nitrogens with one attached hydrogen (secondary N) is 1. The maximum Gasteiger partial charge on any atom is 0.223 e. The molecule has 0 bridgehead atoms. The molecule has 0 saturated carbocycles. The van der Waals surface area contributed by atoms with E-state index in [0.717, 1.165) is 19.5 Å². The van der Waals surface area contributed by atoms with Crippen LogP contribution in [0.2, 0.25) is 0 Å². The van der Waals surface area contributed by atoms with E-state index in [1.54, 1.807) is 0 Å². The number of likely N-dealkylation sites (tertiary alicyclic amines) is 1. The second-order valence-electron chi connectivity index (χ2n) is 5.47. The number of halogens is 1. The van der Waals surface area contributed by atoms with Crippen molar-refractivity contribution in [1.29, 1.82) is 0 Å². The largest absolute Gasteiger partial charge is 0.337 e. The second-order valence-corrected chi connectivity index (χ2v) is 5.47. The number of hydrogen-bond acceptors (Lipinski definition) is 2. The van der Waals surface area contributed by atoms with Crippen molar-refractivity contribution in [2.45, 2.75) is 58.0 Å². The Morgan fingerprint density at radius 1 is 1.12 bits per heavy atom. The first-order chi connectivity index (χ1) is 7.68. The summed E-state index contributed by atoms with van der Waals surface area (Å²) in [7, 11) is 0. The van der Waals surface area contributed by atoms with Crippen LogP contribution in [0.25, 0.3) is 0 Å². The first-order valence-corrected chi connectivity index (χ1v) is 6.70. The molecule has 2 aliphatic rings. The van der Waals surface area contributed by atoms with E-state index in [2.05, 4.69) is 24.1 Å². The molecule has 2 heterocycles. The van der Waals surface area contributed by atoms with E-state index >= 15 is 0 Å². The highest BCUT2D eigenvalue weighted by molar-refractivity contribution is 5.85. The summed E-state index contributed by atoms with van der Waals surface area (Å²) in [6, 6.07) is 0.924. The molecular weight excluding hydrogens is 236 g/mol. The third kappa shape index (κ3) is 3.59. The maximum atomic E-state index is 12.2. The Morgan fingerprint density at radius 3 is 2.18 bits per heavy atom. The molecule has 2 fully saturated rings. The molecule has 2 rings (SSSR count). The Morgan fingerprint density at radius 2 is 1.65 bits per heavy atom. The van der Waals surface area contributed by atoms with E-state index in [1.165, 1.54) is 25.7 Å². The van der Waals surface area contributed by atoms with Crippen molar-refractivity contribution < 1.29 is 4.79 Å². The van der Waals surface area contributed by atoms with Gasteiger partial charge < -0.3 is 10.2 Å². The van der Waals surface area contributed by atoms with Crippen LogP contribution in [0.3, 0.4) is 0 Å². The van der Waals surface area contributed by atoms with Crippen molar-refractivity contribution in [2.24, 2.45) is 5.92 Å². The fourth-order valence-corrected chi connectivity index (χ4v) is 3.12. The zero-order chi connectivity index (χ0) is 11.5. The van der Waals surface area contributed by atoms with Gasteiger partial charge in [-0.15, -0.1) is 12.4 Å². The average Bonchev–Trinajstić information content (AvgIpc) is 2.60. The monoisotopic (exact) mass is 260 g/mol. The van der Waals surface area contributed by atoms with Crippen LogP contribution in [-0.2, 0) is 4.79 Å². The maximum absolute atomic E-state index is 12.2. The van der Waals surface area contributed by atoms with Gasteiger partial charge in [0.1, 0.15) is 0 Å². The molecule has 0 aromatic carbocycles. The molecule has 4 heteroatoms. The van der Waals surface area contributed by atoms with Gasteiger partial charge in [-0.1, -0.05) is 0 Å². The van der Waals surface area contributed by atoms with Crippen molar-refractivity contribution in [1.82, 2.24) is 10.2 Å². The van der Waals surface area contributed by atoms with Crippen LogP contribution in [0.4, 0.5) is 0 Å². The quantitative estimate of drug-likeness (QED) is 0.826. The summed E-state index contributed by atoms with van der Waals surface area (Å²) >= 11 is 0. The number of carbonyl (C=O) groups excluding carboxylic acids is 1. The third-order valence-corrected chi connectivity index (χ3v) is 4.16. The summed E-state index contributed by atoms with van der Waals surface area (Å²) in [6.45, 7) is 6.54. The summed E-state index contributed by atoms with van der Waals surface area (Å²) in [5.74, 6) is 1.01. The average molecular weight is 261 g/mol. The number of rotatable bonds is 2. The highest BCUT2D eigenvalue weighted by Gasteiger charge is 2.32. The Bertz CT molecular complexity index is 244. The van der Waals surface area contributed by atoms with Gasteiger partial charge in [0.2, 0.25) is 5.91 Å². The van der Waals surface area contributed by atoms with E-state index < -0.39 is 0 Å². The van der Waals surface area contributed by atoms with Crippen LogP contribution in [-0.4, -0.2) is 36.0 Å². The molecule has 2 atom stereocenters. The van der Waals surface area contributed by atoms with Crippen LogP contribution in [0.15, 0.2) is 0 Å². The molecule has 3 nitrogen and oxygen atoms in total. The van der Waals surface area contributed by atoms with E-state index in [1.807, 2.05) is 0 Å². The predicted octanol–water partition coefficient (Wildman–Crippen LogP) is 2.20. The fraction of sp³-hybridized carbons (Fsp3) is 0.923. The first-order valence-electron chi connectivity index (χ1n) is 6.70. The lowest BCUT2D eigenvalue weighted by Crippen LogP contribution is -2.40. The Kier molecular flexibility index (Phi) is 5.74. The van der Waals surface area contributed by atoms with Gasteiger partial charge in [-0.25, -0.2) is 0 Å². The van der Waals surface area contributed by atoms with Crippen molar-refractivity contribution in [3.8, 4) is 0 Å². The molecule has 2 saturated heterocycles. The van der Waals surface area contributed by atoms with E-state index in [-0.39, 0.29) is 12.4 Å². The van der Waals surface area contributed by atoms with Crippen LogP contribution < -0.4 is 5.32 Å². The van der Waals surface area contributed by atoms with Crippen molar-refractivity contribution in [2.75, 3.05) is 13.1 Å². The van der Waals surface area contributed by atoms with Gasteiger partial charge in [0.15, 0.2) is 0 Å². The summed E-state index contributed by atoms with van der Waals surface area (Å²) in [5.41, 5.74) is 0. The molecule has 0 aromatic rings. The van der Waals surface area contributed by atoms with Gasteiger partial charge in [0, 0.05) is 18.5 Å². The molecular formula is C13H25ClN2O. The van der Waals surface area contributed by atoms with Crippen LogP contribution in [0, 0.1) is 5.92 Å². The van der Waals surface area contributed by atoms with E-state index in [4.69, 9.17) is 0 Å². The summed E-state index contributed by atoms with van der Waals surface area (Å²) in [4.78, 5) is 14.4. The molecule has 2 aliphatic heterocycles. The topological polar surface area (TPSA) is 32.3 Å². The van der Waals surface area contributed by atoms with Crippen LogP contribution >= 0.6 is 12.4 Å². The normalized spacial score (nSPS) is 30.1. The molecule has 17 heavy (non-hydrogen) atoms. The number of carbonyl (C=O) groups is 1. The van der Waals surface area contributed by atoms with Gasteiger partial charge in [-0.3, -0.25) is 4.79 Å². The molecule has 1 N–H and O–H groups in total. The molecule has 0 aromatic heterocycles. The standard InChI is InChI=1S/C13H24N2O.ClH/c1-10-3-4-11(2)15(10)13(16)9-12-5-7-14-8-6-12;/h10-12,14H,3-9H2,1-2H3;1H. The lowest BCUT2D eigenvalue weighted by atomic mass is 9.94. The fourth-order valence-electron chi connectivity index (χ4n) is 3.12. The lowest BCUT2D eigenvalue weighted by molar-refractivity contribution is -0.134. The minimum Gasteiger partial charge on any atom is -0.337 e. The zero-order valence-electron chi connectivity index (χ0n) is 10.9. The first kappa shape index (κ1) is 14.8. The number of piperidine rings is 1. The second kappa shape index (κ2) is 6.60. The summed E-state index contributed by atoms with van der Waals surface area (Å²) in [5, 5.41) is 3.35. The minimum absolute atomic E-state index is 0. The summed E-state index contributed by atoms with van der Waals surface area (Å²) < 4.78 is 0. The van der Waals surface area contributed by atoms with Crippen molar-refractivity contribution in [3.63, 3.8) is 0 Å². The van der Waals surface area contributed by atoms with E-state index in [0.29, 0.717) is 23.9 Å². The molecule has 0 spiro atoms. The highest BCUT2D eigenvalue weighted by atomic mass is 35.5. The predicted molar refractivity (Wildman–Crippen MR) is 72.5 cm³/mol. The molecule has 0 aliphatic carbocycles. The van der Waals surface area contributed by atoms with Gasteiger partial charge in [0.25, 0.3) is 0 Å². The Hall–Kier alpha value is -0.280. The lowest BCUT2D eigenvalue weighted by Gasteiger charge is -2.29.